The molecule has 9 nitrogen and oxygen atoms in total. The standard InChI is InChI=1S/C24H32FN5O4S/c1-24(2,3)34-23(32)30(35-4)12-13-33-28-19-8-10-29(11-9-19)22-26-14-18(15-27-22)20-7-5-6-17(16-31)21(20)25/h5-7,14-15,31H,8-13,16H2,1-4H3. The van der Waals surface area contributed by atoms with Crippen LogP contribution in [0.3, 0.4) is 0 Å². The van der Waals surface area contributed by atoms with Crippen LogP contribution in [0.2, 0.25) is 0 Å². The molecule has 1 saturated heterocycles. The smallest absolute Gasteiger partial charge is 0.420 e. The number of amides is 1. The van der Waals surface area contributed by atoms with Crippen molar-refractivity contribution in [1.29, 1.82) is 0 Å². The van der Waals surface area contributed by atoms with Crippen molar-refractivity contribution in [2.24, 2.45) is 5.16 Å². The number of aromatic nitrogens is 2. The van der Waals surface area contributed by atoms with Crippen molar-refractivity contribution >= 4 is 29.7 Å². The third-order valence-corrected chi connectivity index (χ3v) is 5.99. The Morgan fingerprint density at radius 3 is 2.54 bits per heavy atom. The van der Waals surface area contributed by atoms with Gasteiger partial charge in [0.15, 0.2) is 0 Å². The number of oxime groups is 1. The highest BCUT2D eigenvalue weighted by molar-refractivity contribution is 7.96. The number of hydrogen-bond acceptors (Lipinski definition) is 9. The molecule has 0 unspecified atom stereocenters. The Kier molecular flexibility index (Phi) is 9.27. The van der Waals surface area contributed by atoms with Crippen LogP contribution in [0.15, 0.2) is 35.7 Å². The Labute approximate surface area is 209 Å². The Morgan fingerprint density at radius 1 is 1.26 bits per heavy atom. The Morgan fingerprint density at radius 2 is 1.94 bits per heavy atom. The first-order valence-electron chi connectivity index (χ1n) is 11.4. The van der Waals surface area contributed by atoms with E-state index >= 15 is 0 Å². The van der Waals surface area contributed by atoms with Crippen LogP contribution in [0.1, 0.15) is 39.2 Å². The lowest BCUT2D eigenvalue weighted by Gasteiger charge is -2.27. The Bertz CT molecular complexity index is 1020. The van der Waals surface area contributed by atoms with Crippen molar-refractivity contribution in [3.05, 3.63) is 42.0 Å². The lowest BCUT2D eigenvalue weighted by molar-refractivity contribution is 0.0359. The number of carbonyl (C=O) groups is 1. The molecule has 3 rings (SSSR count). The molecule has 1 fully saturated rings. The molecule has 2 heterocycles. The summed E-state index contributed by atoms with van der Waals surface area (Å²) in [6.45, 7) is 7.12. The molecule has 1 amide bonds. The number of rotatable bonds is 8. The lowest BCUT2D eigenvalue weighted by Crippen LogP contribution is -2.35. The summed E-state index contributed by atoms with van der Waals surface area (Å²) in [5.74, 6) is 0.109. The second-order valence-electron chi connectivity index (χ2n) is 8.95. The van der Waals surface area contributed by atoms with Crippen LogP contribution < -0.4 is 4.90 Å². The van der Waals surface area contributed by atoms with E-state index in [1.807, 2.05) is 31.9 Å². The van der Waals surface area contributed by atoms with Gasteiger partial charge in [0.25, 0.3) is 0 Å². The largest absolute Gasteiger partial charge is 0.443 e. The number of piperidine rings is 1. The maximum Gasteiger partial charge on any atom is 0.420 e. The van der Waals surface area contributed by atoms with Gasteiger partial charge in [-0.05, 0) is 32.7 Å². The van der Waals surface area contributed by atoms with Gasteiger partial charge < -0.3 is 19.6 Å². The minimum atomic E-state index is -0.550. The fraction of sp³-hybridized carbons (Fsp3) is 0.500. The van der Waals surface area contributed by atoms with Crippen LogP contribution in [0.5, 0.6) is 0 Å². The topological polar surface area (TPSA) is 100 Å². The number of aliphatic hydroxyl groups excluding tert-OH is 1. The zero-order valence-corrected chi connectivity index (χ0v) is 21.3. The number of ether oxygens (including phenoxy) is 1. The summed E-state index contributed by atoms with van der Waals surface area (Å²) in [4.78, 5) is 28.5. The van der Waals surface area contributed by atoms with E-state index in [-0.39, 0.29) is 18.8 Å². The number of nitrogens with zero attached hydrogens (tertiary/aromatic N) is 5. The normalized spacial score (nSPS) is 14.0. The molecule has 0 aliphatic carbocycles. The number of halogens is 1. The highest BCUT2D eigenvalue weighted by Gasteiger charge is 2.22. The first kappa shape index (κ1) is 26.7. The van der Waals surface area contributed by atoms with Gasteiger partial charge in [-0.2, -0.15) is 0 Å². The minimum Gasteiger partial charge on any atom is -0.443 e. The van der Waals surface area contributed by atoms with Crippen molar-refractivity contribution in [3.8, 4) is 11.1 Å². The van der Waals surface area contributed by atoms with Crippen LogP contribution >= 0.6 is 11.9 Å². The number of anilines is 1. The molecule has 1 aliphatic rings. The van der Waals surface area contributed by atoms with Gasteiger partial charge in [0.2, 0.25) is 5.95 Å². The van der Waals surface area contributed by atoms with Gasteiger partial charge in [0, 0.05) is 61.3 Å². The molecule has 190 valence electrons. The second-order valence-corrected chi connectivity index (χ2v) is 9.76. The van der Waals surface area contributed by atoms with Gasteiger partial charge in [0.05, 0.1) is 18.9 Å². The SMILES string of the molecule is CSN(CCON=C1CCN(c2ncc(-c3cccc(CO)c3F)cn2)CC1)C(=O)OC(C)(C)C. The van der Waals surface area contributed by atoms with Crippen molar-refractivity contribution < 1.29 is 23.9 Å². The fourth-order valence-corrected chi connectivity index (χ4v) is 3.88. The second kappa shape index (κ2) is 12.2. The van der Waals surface area contributed by atoms with Gasteiger partial charge in [0.1, 0.15) is 18.0 Å². The number of hydrogen-bond donors (Lipinski definition) is 1. The summed E-state index contributed by atoms with van der Waals surface area (Å²) in [5.41, 5.74) is 1.54. The average Bonchev–Trinajstić information content (AvgIpc) is 2.83. The summed E-state index contributed by atoms with van der Waals surface area (Å²) in [6.07, 6.45) is 6.01. The van der Waals surface area contributed by atoms with Gasteiger partial charge in [-0.3, -0.25) is 0 Å². The summed E-state index contributed by atoms with van der Waals surface area (Å²) < 4.78 is 21.3. The van der Waals surface area contributed by atoms with E-state index in [2.05, 4.69) is 15.1 Å². The average molecular weight is 506 g/mol. The van der Waals surface area contributed by atoms with E-state index in [1.165, 1.54) is 16.3 Å². The maximum absolute atomic E-state index is 14.5. The highest BCUT2D eigenvalue weighted by atomic mass is 32.2. The minimum absolute atomic E-state index is 0.239. The van der Waals surface area contributed by atoms with Crippen molar-refractivity contribution in [2.45, 2.75) is 45.8 Å². The third-order valence-electron chi connectivity index (χ3n) is 5.22. The summed E-state index contributed by atoms with van der Waals surface area (Å²) >= 11 is 1.28. The van der Waals surface area contributed by atoms with Crippen LogP contribution in [0.4, 0.5) is 15.1 Å². The molecule has 1 aromatic heterocycles. The predicted molar refractivity (Wildman–Crippen MR) is 135 cm³/mol. The molecular formula is C24H32FN5O4S. The van der Waals surface area contributed by atoms with E-state index in [0.29, 0.717) is 49.6 Å². The first-order chi connectivity index (χ1) is 16.7. The third kappa shape index (κ3) is 7.53. The summed E-state index contributed by atoms with van der Waals surface area (Å²) in [7, 11) is 0. The monoisotopic (exact) mass is 505 g/mol. The Balaban J connectivity index is 1.48. The maximum atomic E-state index is 14.5. The van der Waals surface area contributed by atoms with E-state index in [9.17, 15) is 14.3 Å². The number of carbonyl (C=O) groups excluding carboxylic acids is 1. The molecule has 1 aliphatic heterocycles. The molecule has 11 heteroatoms. The molecule has 0 saturated carbocycles. The van der Waals surface area contributed by atoms with Crippen LogP contribution in [-0.4, -0.2) is 69.3 Å². The fourth-order valence-electron chi connectivity index (χ4n) is 3.44. The molecule has 0 radical (unpaired) electrons. The lowest BCUT2D eigenvalue weighted by atomic mass is 10.1. The quantitative estimate of drug-likeness (QED) is 0.323. The van der Waals surface area contributed by atoms with E-state index in [1.54, 1.807) is 30.6 Å². The van der Waals surface area contributed by atoms with E-state index in [0.717, 1.165) is 5.71 Å². The first-order valence-corrected chi connectivity index (χ1v) is 12.6. The molecule has 2 aromatic rings. The van der Waals surface area contributed by atoms with Gasteiger partial charge in [-0.15, -0.1) is 0 Å². The number of benzene rings is 1. The van der Waals surface area contributed by atoms with E-state index in [4.69, 9.17) is 9.57 Å². The highest BCUT2D eigenvalue weighted by Crippen LogP contribution is 2.25. The molecule has 0 bridgehead atoms. The number of aliphatic hydroxyl groups is 1. The summed E-state index contributed by atoms with van der Waals surface area (Å²) in [5, 5.41) is 13.5. The zero-order valence-electron chi connectivity index (χ0n) is 20.5. The zero-order chi connectivity index (χ0) is 25.4. The van der Waals surface area contributed by atoms with Crippen LogP contribution in [-0.2, 0) is 16.2 Å². The van der Waals surface area contributed by atoms with Crippen molar-refractivity contribution in [2.75, 3.05) is 37.4 Å². The molecule has 35 heavy (non-hydrogen) atoms. The molecule has 0 atom stereocenters. The van der Waals surface area contributed by atoms with Gasteiger partial charge in [-0.25, -0.2) is 23.5 Å². The Hall–Kier alpha value is -2.92. The van der Waals surface area contributed by atoms with Crippen molar-refractivity contribution in [3.63, 3.8) is 0 Å². The molecular weight excluding hydrogens is 473 g/mol. The summed E-state index contributed by atoms with van der Waals surface area (Å²) in [6, 6.07) is 4.88. The molecule has 1 N–H and O–H groups in total. The van der Waals surface area contributed by atoms with Gasteiger partial charge in [-0.1, -0.05) is 23.4 Å². The molecule has 0 spiro atoms. The predicted octanol–water partition coefficient (Wildman–Crippen LogP) is 4.26. The van der Waals surface area contributed by atoms with Gasteiger partial charge >= 0.3 is 6.09 Å². The molecule has 1 aromatic carbocycles. The van der Waals surface area contributed by atoms with Crippen LogP contribution in [0.25, 0.3) is 11.1 Å². The van der Waals surface area contributed by atoms with Crippen LogP contribution in [0, 0.1) is 5.82 Å². The van der Waals surface area contributed by atoms with Crippen molar-refractivity contribution in [1.82, 2.24) is 14.3 Å². The van der Waals surface area contributed by atoms with E-state index < -0.39 is 17.5 Å².